The van der Waals surface area contributed by atoms with E-state index in [1.807, 2.05) is 0 Å². The first-order valence-electron chi connectivity index (χ1n) is 3.34. The van der Waals surface area contributed by atoms with Gasteiger partial charge in [-0.05, 0) is 30.9 Å². The second-order valence-electron chi connectivity index (χ2n) is 2.40. The normalized spacial score (nSPS) is 17.3. The van der Waals surface area contributed by atoms with Crippen molar-refractivity contribution in [3.63, 3.8) is 0 Å². The Hall–Kier alpha value is -0.720. The molecule has 0 saturated carbocycles. The van der Waals surface area contributed by atoms with Crippen molar-refractivity contribution in [2.75, 3.05) is 0 Å². The maximum Gasteiger partial charge on any atom is 0.107 e. The molecular weight excluding hydrogens is 112 g/mol. The molecule has 0 spiro atoms. The zero-order valence-electron chi connectivity index (χ0n) is 5.26. The fourth-order valence-corrected chi connectivity index (χ4v) is 1.26. The first-order valence-corrected chi connectivity index (χ1v) is 3.34. The molecule has 1 aliphatic carbocycles. The van der Waals surface area contributed by atoms with Crippen LogP contribution < -0.4 is 0 Å². The zero-order chi connectivity index (χ0) is 6.10. The lowest BCUT2D eigenvalue weighted by atomic mass is 9.99. The summed E-state index contributed by atoms with van der Waals surface area (Å²) in [6.45, 7) is 0. The molecule has 1 radical (unpaired) electrons. The van der Waals surface area contributed by atoms with Crippen molar-refractivity contribution < 1.29 is 4.42 Å². The van der Waals surface area contributed by atoms with Crippen molar-refractivity contribution in [2.45, 2.75) is 19.3 Å². The van der Waals surface area contributed by atoms with Crippen molar-refractivity contribution >= 4 is 0 Å². The molecule has 1 aliphatic rings. The lowest BCUT2D eigenvalue weighted by Gasteiger charge is -2.06. The summed E-state index contributed by atoms with van der Waals surface area (Å²) in [5.74, 6) is 1.17. The predicted octanol–water partition coefficient (Wildman–Crippen LogP) is 1.97. The number of furan rings is 1. The fraction of sp³-hybridized carbons (Fsp3) is 0.375. The van der Waals surface area contributed by atoms with Gasteiger partial charge in [0.1, 0.15) is 5.76 Å². The third kappa shape index (κ3) is 0.766. The second-order valence-corrected chi connectivity index (χ2v) is 2.40. The van der Waals surface area contributed by atoms with Crippen LogP contribution >= 0.6 is 0 Å². The lowest BCUT2D eigenvalue weighted by Crippen LogP contribution is -1.98. The van der Waals surface area contributed by atoms with Crippen LogP contribution in [0.5, 0.6) is 0 Å². The molecule has 0 aromatic carbocycles. The lowest BCUT2D eigenvalue weighted by molar-refractivity contribution is 0.503. The average Bonchev–Trinajstić information content (AvgIpc) is 2.33. The molecule has 0 saturated heterocycles. The summed E-state index contributed by atoms with van der Waals surface area (Å²) in [5.41, 5.74) is 1.40. The number of rotatable bonds is 0. The van der Waals surface area contributed by atoms with Crippen LogP contribution in [-0.4, -0.2) is 0 Å². The van der Waals surface area contributed by atoms with Crippen LogP contribution in [-0.2, 0) is 12.8 Å². The molecule has 0 bridgehead atoms. The van der Waals surface area contributed by atoms with Gasteiger partial charge in [-0.3, -0.25) is 0 Å². The molecule has 0 fully saturated rings. The summed E-state index contributed by atoms with van der Waals surface area (Å²) < 4.78 is 5.22. The molecule has 1 heteroatoms. The van der Waals surface area contributed by atoms with Crippen molar-refractivity contribution in [1.29, 1.82) is 0 Å². The van der Waals surface area contributed by atoms with Crippen molar-refractivity contribution in [1.82, 2.24) is 0 Å². The minimum absolute atomic E-state index is 1.03. The van der Waals surface area contributed by atoms with E-state index >= 15 is 0 Å². The highest BCUT2D eigenvalue weighted by atomic mass is 16.3. The molecule has 1 nitrogen and oxygen atoms in total. The van der Waals surface area contributed by atoms with Gasteiger partial charge in [0.15, 0.2) is 0 Å². The van der Waals surface area contributed by atoms with E-state index in [0.717, 1.165) is 6.42 Å². The first kappa shape index (κ1) is 5.10. The first-order chi connectivity index (χ1) is 4.47. The Balaban J connectivity index is 2.39. The molecule has 0 atom stereocenters. The van der Waals surface area contributed by atoms with Gasteiger partial charge in [0, 0.05) is 6.42 Å². The largest absolute Gasteiger partial charge is 0.469 e. The Labute approximate surface area is 54.7 Å². The molecule has 9 heavy (non-hydrogen) atoms. The molecule has 0 unspecified atom stereocenters. The molecule has 0 N–H and O–H groups in total. The summed E-state index contributed by atoms with van der Waals surface area (Å²) >= 11 is 0. The van der Waals surface area contributed by atoms with E-state index in [2.05, 4.69) is 12.5 Å². The van der Waals surface area contributed by atoms with Gasteiger partial charge < -0.3 is 4.42 Å². The Morgan fingerprint density at radius 1 is 1.44 bits per heavy atom. The SMILES string of the molecule is [CH]1CCc2ccoc2C1. The predicted molar refractivity (Wildman–Crippen MR) is 35.0 cm³/mol. The minimum Gasteiger partial charge on any atom is -0.469 e. The highest BCUT2D eigenvalue weighted by Crippen LogP contribution is 2.20. The van der Waals surface area contributed by atoms with Crippen LogP contribution in [0.15, 0.2) is 16.7 Å². The van der Waals surface area contributed by atoms with Crippen LogP contribution in [0.3, 0.4) is 0 Å². The number of fused-ring (bicyclic) bond motifs is 1. The average molecular weight is 121 g/mol. The van der Waals surface area contributed by atoms with E-state index in [4.69, 9.17) is 4.42 Å². The van der Waals surface area contributed by atoms with Crippen LogP contribution in [0.2, 0.25) is 0 Å². The topological polar surface area (TPSA) is 13.1 Å². The van der Waals surface area contributed by atoms with Crippen molar-refractivity contribution in [2.24, 2.45) is 0 Å². The summed E-state index contributed by atoms with van der Waals surface area (Å²) in [4.78, 5) is 0. The maximum absolute atomic E-state index is 5.22. The zero-order valence-corrected chi connectivity index (χ0v) is 5.26. The monoisotopic (exact) mass is 121 g/mol. The molecule has 1 aromatic rings. The summed E-state index contributed by atoms with van der Waals surface area (Å²) in [7, 11) is 0. The van der Waals surface area contributed by atoms with E-state index in [-0.39, 0.29) is 0 Å². The molecule has 2 rings (SSSR count). The van der Waals surface area contributed by atoms with Gasteiger partial charge in [-0.2, -0.15) is 0 Å². The number of aryl methyl sites for hydroxylation is 1. The van der Waals surface area contributed by atoms with Gasteiger partial charge in [0.25, 0.3) is 0 Å². The molecular formula is C8H9O. The highest BCUT2D eigenvalue weighted by Gasteiger charge is 2.10. The molecule has 0 amide bonds. The summed E-state index contributed by atoms with van der Waals surface area (Å²) in [5, 5.41) is 0. The quantitative estimate of drug-likeness (QED) is 0.511. The standard InChI is InChI=1S/C8H9O/c1-2-4-8-7(3-1)5-6-9-8/h2,5-6H,1,3-4H2. The Kier molecular flexibility index (Phi) is 1.08. The highest BCUT2D eigenvalue weighted by molar-refractivity contribution is 5.21. The summed E-state index contributed by atoms with van der Waals surface area (Å²) in [6, 6.07) is 2.07. The van der Waals surface area contributed by atoms with E-state index in [1.54, 1.807) is 6.26 Å². The van der Waals surface area contributed by atoms with E-state index in [0.29, 0.717) is 0 Å². The van der Waals surface area contributed by atoms with Gasteiger partial charge >= 0.3 is 0 Å². The van der Waals surface area contributed by atoms with Gasteiger partial charge in [-0.15, -0.1) is 0 Å². The van der Waals surface area contributed by atoms with Crippen LogP contribution in [0.25, 0.3) is 0 Å². The van der Waals surface area contributed by atoms with Crippen LogP contribution in [0, 0.1) is 6.42 Å². The molecule has 47 valence electrons. The van der Waals surface area contributed by atoms with Crippen LogP contribution in [0.4, 0.5) is 0 Å². The summed E-state index contributed by atoms with van der Waals surface area (Å²) in [6.07, 6.45) is 7.47. The molecule has 1 aromatic heterocycles. The number of hydrogen-bond acceptors (Lipinski definition) is 1. The number of hydrogen-bond donors (Lipinski definition) is 0. The van der Waals surface area contributed by atoms with Gasteiger partial charge in [0.05, 0.1) is 6.26 Å². The Morgan fingerprint density at radius 2 is 2.44 bits per heavy atom. The maximum atomic E-state index is 5.22. The Morgan fingerprint density at radius 3 is 3.33 bits per heavy atom. The fourth-order valence-electron chi connectivity index (χ4n) is 1.26. The van der Waals surface area contributed by atoms with Gasteiger partial charge in [-0.25, -0.2) is 0 Å². The van der Waals surface area contributed by atoms with Gasteiger partial charge in [0.2, 0.25) is 0 Å². The minimum atomic E-state index is 1.03. The smallest absolute Gasteiger partial charge is 0.107 e. The molecule has 0 aliphatic heterocycles. The van der Waals surface area contributed by atoms with Crippen LogP contribution in [0.1, 0.15) is 17.7 Å². The van der Waals surface area contributed by atoms with Gasteiger partial charge in [-0.1, -0.05) is 0 Å². The molecule has 1 heterocycles. The van der Waals surface area contributed by atoms with E-state index in [9.17, 15) is 0 Å². The Bertz CT molecular complexity index is 180. The third-order valence-electron chi connectivity index (χ3n) is 1.79. The van der Waals surface area contributed by atoms with E-state index in [1.165, 1.54) is 24.2 Å². The van der Waals surface area contributed by atoms with Crippen molar-refractivity contribution in [3.05, 3.63) is 30.1 Å². The second kappa shape index (κ2) is 1.90. The van der Waals surface area contributed by atoms with E-state index < -0.39 is 0 Å². The third-order valence-corrected chi connectivity index (χ3v) is 1.79. The van der Waals surface area contributed by atoms with Crippen molar-refractivity contribution in [3.8, 4) is 0 Å².